The maximum atomic E-state index is 11.6. The second-order valence-electron chi connectivity index (χ2n) is 5.10. The number of carboxylic acids is 1. The van der Waals surface area contributed by atoms with Crippen LogP contribution in [0.5, 0.6) is 0 Å². The first-order valence-electron chi connectivity index (χ1n) is 6.37. The van der Waals surface area contributed by atoms with Crippen LogP contribution in [0.4, 0.5) is 0 Å². The van der Waals surface area contributed by atoms with Gasteiger partial charge in [-0.3, -0.25) is 9.69 Å². The molecule has 5 nitrogen and oxygen atoms in total. The van der Waals surface area contributed by atoms with Crippen LogP contribution in [0.2, 0.25) is 5.02 Å². The van der Waals surface area contributed by atoms with Crippen molar-refractivity contribution in [1.82, 2.24) is 4.90 Å². The molecular weight excluding hydrogens is 382 g/mol. The normalized spacial score (nSPS) is 20.8. The smallest absolute Gasteiger partial charge is 0.317 e. The fraction of sp³-hybridized carbons (Fsp3) is 0.462. The Bertz CT molecular complexity index is 650. The molecule has 116 valence electrons. The number of carbonyl (C=O) groups is 1. The van der Waals surface area contributed by atoms with Crippen LogP contribution in [0.1, 0.15) is 12.0 Å². The zero-order valence-electron chi connectivity index (χ0n) is 11.1. The van der Waals surface area contributed by atoms with Gasteiger partial charge in [0, 0.05) is 17.1 Å². The SMILES string of the molecule is O=C(O)CN(Cc1ccc(Br)c(Cl)c1)C1CCS(=O)(=O)C1. The van der Waals surface area contributed by atoms with Gasteiger partial charge in [0.05, 0.1) is 23.1 Å². The van der Waals surface area contributed by atoms with Crippen molar-refractivity contribution in [1.29, 1.82) is 0 Å². The number of carboxylic acid groups (broad SMARTS) is 1. The highest BCUT2D eigenvalue weighted by Gasteiger charge is 2.33. The van der Waals surface area contributed by atoms with Gasteiger partial charge in [0.2, 0.25) is 0 Å². The number of rotatable bonds is 5. The van der Waals surface area contributed by atoms with Gasteiger partial charge in [-0.25, -0.2) is 8.42 Å². The summed E-state index contributed by atoms with van der Waals surface area (Å²) < 4.78 is 23.9. The van der Waals surface area contributed by atoms with Crippen LogP contribution >= 0.6 is 27.5 Å². The van der Waals surface area contributed by atoms with Crippen molar-refractivity contribution in [2.45, 2.75) is 19.0 Å². The van der Waals surface area contributed by atoms with E-state index in [2.05, 4.69) is 15.9 Å². The molecule has 1 aliphatic rings. The van der Waals surface area contributed by atoms with Crippen molar-refractivity contribution in [2.24, 2.45) is 0 Å². The predicted octanol–water partition coefficient (Wildman–Crippen LogP) is 2.18. The summed E-state index contributed by atoms with van der Waals surface area (Å²) in [4.78, 5) is 12.7. The topological polar surface area (TPSA) is 74.7 Å². The zero-order valence-corrected chi connectivity index (χ0v) is 14.3. The molecule has 1 aliphatic heterocycles. The summed E-state index contributed by atoms with van der Waals surface area (Å²) in [5, 5.41) is 9.57. The van der Waals surface area contributed by atoms with Crippen molar-refractivity contribution >= 4 is 43.3 Å². The Hall–Kier alpha value is -0.630. The predicted molar refractivity (Wildman–Crippen MR) is 84.3 cm³/mol. The summed E-state index contributed by atoms with van der Waals surface area (Å²) in [5.41, 5.74) is 0.855. The number of halogens is 2. The van der Waals surface area contributed by atoms with Gasteiger partial charge in [-0.05, 0) is 40.0 Å². The van der Waals surface area contributed by atoms with Gasteiger partial charge < -0.3 is 5.11 Å². The lowest BCUT2D eigenvalue weighted by Gasteiger charge is -2.26. The largest absolute Gasteiger partial charge is 0.480 e. The second kappa shape index (κ2) is 6.64. The van der Waals surface area contributed by atoms with Gasteiger partial charge in [0.15, 0.2) is 9.84 Å². The van der Waals surface area contributed by atoms with Gasteiger partial charge >= 0.3 is 5.97 Å². The van der Waals surface area contributed by atoms with Crippen LogP contribution in [-0.4, -0.2) is 48.5 Å². The van der Waals surface area contributed by atoms with E-state index in [9.17, 15) is 13.2 Å². The Morgan fingerprint density at radius 1 is 1.48 bits per heavy atom. The van der Waals surface area contributed by atoms with Crippen molar-refractivity contribution in [3.05, 3.63) is 33.3 Å². The molecule has 2 rings (SSSR count). The molecule has 0 aromatic heterocycles. The van der Waals surface area contributed by atoms with Crippen LogP contribution in [-0.2, 0) is 21.2 Å². The molecule has 1 aromatic rings. The molecule has 1 aromatic carbocycles. The molecule has 8 heteroatoms. The fourth-order valence-electron chi connectivity index (χ4n) is 2.42. The minimum Gasteiger partial charge on any atom is -0.480 e. The number of nitrogens with zero attached hydrogens (tertiary/aromatic N) is 1. The second-order valence-corrected chi connectivity index (χ2v) is 8.59. The Morgan fingerprint density at radius 2 is 2.19 bits per heavy atom. The molecule has 0 bridgehead atoms. The van der Waals surface area contributed by atoms with E-state index >= 15 is 0 Å². The number of aliphatic carboxylic acids is 1. The third-order valence-electron chi connectivity index (χ3n) is 3.43. The summed E-state index contributed by atoms with van der Waals surface area (Å²) in [6.45, 7) is 0.174. The first-order valence-corrected chi connectivity index (χ1v) is 9.36. The van der Waals surface area contributed by atoms with Crippen LogP contribution in [0.25, 0.3) is 0 Å². The lowest BCUT2D eigenvalue weighted by molar-refractivity contribution is -0.139. The lowest BCUT2D eigenvalue weighted by atomic mass is 10.1. The molecular formula is C13H15BrClNO4S. The van der Waals surface area contributed by atoms with Crippen molar-refractivity contribution < 1.29 is 18.3 Å². The maximum absolute atomic E-state index is 11.6. The Labute approximate surface area is 136 Å². The highest BCUT2D eigenvalue weighted by molar-refractivity contribution is 9.10. The highest BCUT2D eigenvalue weighted by Crippen LogP contribution is 2.25. The Kier molecular flexibility index (Phi) is 5.29. The molecule has 1 fully saturated rings. The summed E-state index contributed by atoms with van der Waals surface area (Å²) >= 11 is 9.33. The van der Waals surface area contributed by atoms with E-state index in [0.29, 0.717) is 18.0 Å². The van der Waals surface area contributed by atoms with E-state index in [1.807, 2.05) is 6.07 Å². The minimum absolute atomic E-state index is 0.0184. The molecule has 21 heavy (non-hydrogen) atoms. The van der Waals surface area contributed by atoms with E-state index in [1.165, 1.54) is 0 Å². The van der Waals surface area contributed by atoms with E-state index in [0.717, 1.165) is 10.0 Å². The molecule has 1 heterocycles. The first-order chi connectivity index (χ1) is 9.77. The van der Waals surface area contributed by atoms with Crippen LogP contribution in [0.3, 0.4) is 0 Å². The van der Waals surface area contributed by atoms with Crippen LogP contribution in [0, 0.1) is 0 Å². The molecule has 0 spiro atoms. The standard InChI is InChI=1S/C13H15BrClNO4S/c14-11-2-1-9(5-12(11)15)6-16(7-13(17)18)10-3-4-21(19,20)8-10/h1-2,5,10H,3-4,6-8H2,(H,17,18). The molecule has 1 unspecified atom stereocenters. The maximum Gasteiger partial charge on any atom is 0.317 e. The fourth-order valence-corrected chi connectivity index (χ4v) is 4.64. The van der Waals surface area contributed by atoms with E-state index in [1.54, 1.807) is 17.0 Å². The Balaban J connectivity index is 2.16. The summed E-state index contributed by atoms with van der Waals surface area (Å²) in [5.74, 6) is -0.832. The molecule has 0 aliphatic carbocycles. The quantitative estimate of drug-likeness (QED) is 0.825. The third-order valence-corrected chi connectivity index (χ3v) is 6.42. The van der Waals surface area contributed by atoms with Crippen molar-refractivity contribution in [2.75, 3.05) is 18.1 Å². The van der Waals surface area contributed by atoms with Gasteiger partial charge in [-0.15, -0.1) is 0 Å². The lowest BCUT2D eigenvalue weighted by Crippen LogP contribution is -2.39. The summed E-state index contributed by atoms with van der Waals surface area (Å²) in [7, 11) is -3.05. The number of benzene rings is 1. The monoisotopic (exact) mass is 395 g/mol. The van der Waals surface area contributed by atoms with Crippen LogP contribution < -0.4 is 0 Å². The number of hydrogen-bond acceptors (Lipinski definition) is 4. The first kappa shape index (κ1) is 16.7. The van der Waals surface area contributed by atoms with Gasteiger partial charge in [-0.1, -0.05) is 17.7 Å². The highest BCUT2D eigenvalue weighted by atomic mass is 79.9. The molecule has 1 N–H and O–H groups in total. The van der Waals surface area contributed by atoms with E-state index in [-0.39, 0.29) is 24.1 Å². The minimum atomic E-state index is -3.05. The third kappa shape index (κ3) is 4.67. The molecule has 0 saturated carbocycles. The van der Waals surface area contributed by atoms with Crippen molar-refractivity contribution in [3.8, 4) is 0 Å². The molecule has 1 saturated heterocycles. The van der Waals surface area contributed by atoms with Gasteiger partial charge in [-0.2, -0.15) is 0 Å². The Morgan fingerprint density at radius 3 is 2.71 bits per heavy atom. The van der Waals surface area contributed by atoms with E-state index < -0.39 is 15.8 Å². The van der Waals surface area contributed by atoms with Crippen LogP contribution in [0.15, 0.2) is 22.7 Å². The number of sulfone groups is 1. The summed E-state index contributed by atoms with van der Waals surface area (Å²) in [6.07, 6.45) is 0.472. The van der Waals surface area contributed by atoms with Crippen molar-refractivity contribution in [3.63, 3.8) is 0 Å². The van der Waals surface area contributed by atoms with Gasteiger partial charge in [0.25, 0.3) is 0 Å². The van der Waals surface area contributed by atoms with Gasteiger partial charge in [0.1, 0.15) is 0 Å². The average molecular weight is 397 g/mol. The molecule has 0 amide bonds. The summed E-state index contributed by atoms with van der Waals surface area (Å²) in [6, 6.07) is 5.13. The molecule has 1 atom stereocenters. The van der Waals surface area contributed by atoms with E-state index in [4.69, 9.17) is 16.7 Å². The average Bonchev–Trinajstić information content (AvgIpc) is 2.73. The molecule has 0 radical (unpaired) electrons. The zero-order chi connectivity index (χ0) is 15.6. The number of hydrogen-bond donors (Lipinski definition) is 1.